The highest BCUT2D eigenvalue weighted by molar-refractivity contribution is 5.81. The summed E-state index contributed by atoms with van der Waals surface area (Å²) in [6.07, 6.45) is 5.66. The molecule has 3 unspecified atom stereocenters. The van der Waals surface area contributed by atoms with Gasteiger partial charge in [0.05, 0.1) is 19.3 Å². The van der Waals surface area contributed by atoms with Crippen LogP contribution in [0.1, 0.15) is 39.5 Å². The zero-order valence-corrected chi connectivity index (χ0v) is 12.8. The largest absolute Gasteiger partial charge is 0.378 e. The molecule has 3 rings (SSSR count). The third-order valence-corrected chi connectivity index (χ3v) is 5.64. The smallest absolute Gasteiger partial charge is 0.239 e. The van der Waals surface area contributed by atoms with E-state index in [9.17, 15) is 4.79 Å². The summed E-state index contributed by atoms with van der Waals surface area (Å²) in [7, 11) is 0. The molecule has 0 radical (unpaired) electrons. The van der Waals surface area contributed by atoms with Crippen molar-refractivity contribution in [2.75, 3.05) is 26.3 Å². The summed E-state index contributed by atoms with van der Waals surface area (Å²) in [6, 6.07) is 0.396. The molecule has 0 aromatic rings. The molecular weight excluding hydrogens is 252 g/mol. The molecule has 3 fully saturated rings. The van der Waals surface area contributed by atoms with Crippen LogP contribution in [0.2, 0.25) is 0 Å². The van der Waals surface area contributed by atoms with Crippen molar-refractivity contribution in [3.63, 3.8) is 0 Å². The van der Waals surface area contributed by atoms with Crippen LogP contribution >= 0.6 is 0 Å². The minimum Gasteiger partial charge on any atom is -0.378 e. The van der Waals surface area contributed by atoms with Crippen LogP contribution in [0.15, 0.2) is 0 Å². The zero-order valence-electron chi connectivity index (χ0n) is 12.8. The van der Waals surface area contributed by atoms with Crippen LogP contribution in [-0.4, -0.2) is 49.2 Å². The van der Waals surface area contributed by atoms with Gasteiger partial charge in [0.15, 0.2) is 0 Å². The molecule has 1 aliphatic heterocycles. The van der Waals surface area contributed by atoms with Crippen LogP contribution in [0.4, 0.5) is 0 Å². The van der Waals surface area contributed by atoms with Crippen molar-refractivity contribution in [3.05, 3.63) is 0 Å². The predicted molar refractivity (Wildman–Crippen MR) is 78.4 cm³/mol. The quantitative estimate of drug-likeness (QED) is 0.851. The molecule has 5 atom stereocenters. The molecule has 0 aromatic carbocycles. The van der Waals surface area contributed by atoms with Gasteiger partial charge in [0.1, 0.15) is 0 Å². The SMILES string of the molecule is CC(NC(C)C1C[C@H]2CC[C@@H]1C2)C(=O)N1CCOCC1. The number of hydrogen-bond acceptors (Lipinski definition) is 3. The van der Waals surface area contributed by atoms with E-state index in [-0.39, 0.29) is 11.9 Å². The second-order valence-electron chi connectivity index (χ2n) is 6.95. The molecule has 2 saturated carbocycles. The highest BCUT2D eigenvalue weighted by Crippen LogP contribution is 2.49. The summed E-state index contributed by atoms with van der Waals surface area (Å²) in [5, 5.41) is 3.57. The summed E-state index contributed by atoms with van der Waals surface area (Å²) in [6.45, 7) is 7.14. The molecule has 1 amide bonds. The molecule has 3 aliphatic rings. The van der Waals surface area contributed by atoms with Gasteiger partial charge >= 0.3 is 0 Å². The topological polar surface area (TPSA) is 41.6 Å². The number of hydrogen-bond donors (Lipinski definition) is 1. The number of morpholine rings is 1. The highest BCUT2D eigenvalue weighted by Gasteiger charge is 2.42. The number of carbonyl (C=O) groups is 1. The average Bonchev–Trinajstić information content (AvgIpc) is 3.10. The monoisotopic (exact) mass is 280 g/mol. The molecule has 0 aromatic heterocycles. The van der Waals surface area contributed by atoms with Crippen molar-refractivity contribution in [2.45, 2.75) is 51.6 Å². The Balaban J connectivity index is 1.50. The van der Waals surface area contributed by atoms with Crippen molar-refractivity contribution in [1.29, 1.82) is 0 Å². The molecular formula is C16H28N2O2. The fourth-order valence-corrected chi connectivity index (χ4v) is 4.55. The van der Waals surface area contributed by atoms with Crippen molar-refractivity contribution < 1.29 is 9.53 Å². The lowest BCUT2D eigenvalue weighted by Crippen LogP contribution is -2.52. The number of ether oxygens (including phenoxy) is 1. The van der Waals surface area contributed by atoms with Gasteiger partial charge in [0.25, 0.3) is 0 Å². The molecule has 2 aliphatic carbocycles. The first kappa shape index (κ1) is 14.3. The Morgan fingerprint density at radius 2 is 1.95 bits per heavy atom. The Morgan fingerprint density at radius 1 is 1.20 bits per heavy atom. The van der Waals surface area contributed by atoms with Crippen molar-refractivity contribution in [1.82, 2.24) is 10.2 Å². The summed E-state index contributed by atoms with van der Waals surface area (Å²) in [5.41, 5.74) is 0. The summed E-state index contributed by atoms with van der Waals surface area (Å²) in [5.74, 6) is 2.91. The minimum atomic E-state index is -0.0674. The Bertz CT molecular complexity index is 354. The lowest BCUT2D eigenvalue weighted by atomic mass is 9.83. The van der Waals surface area contributed by atoms with Crippen molar-refractivity contribution >= 4 is 5.91 Å². The fraction of sp³-hybridized carbons (Fsp3) is 0.938. The minimum absolute atomic E-state index is 0.0674. The molecule has 0 spiro atoms. The van der Waals surface area contributed by atoms with Crippen LogP contribution < -0.4 is 5.32 Å². The molecule has 4 nitrogen and oxygen atoms in total. The summed E-state index contributed by atoms with van der Waals surface area (Å²) in [4.78, 5) is 14.4. The zero-order chi connectivity index (χ0) is 14.1. The van der Waals surface area contributed by atoms with Gasteiger partial charge in [-0.1, -0.05) is 6.42 Å². The standard InChI is InChI=1S/C16H28N2O2/c1-11(15-10-13-3-4-14(15)9-13)17-12(2)16(19)18-5-7-20-8-6-18/h11-15,17H,3-10H2,1-2H3/t11?,12?,13-,14+,15?/m0/s1. The van der Waals surface area contributed by atoms with Crippen LogP contribution in [0.5, 0.6) is 0 Å². The predicted octanol–water partition coefficient (Wildman–Crippen LogP) is 1.65. The van der Waals surface area contributed by atoms with Gasteiger partial charge in [-0.3, -0.25) is 4.79 Å². The van der Waals surface area contributed by atoms with E-state index in [2.05, 4.69) is 12.2 Å². The normalized spacial score (nSPS) is 36.1. The molecule has 4 heteroatoms. The molecule has 1 N–H and O–H groups in total. The van der Waals surface area contributed by atoms with Crippen LogP contribution in [0.3, 0.4) is 0 Å². The summed E-state index contributed by atoms with van der Waals surface area (Å²) >= 11 is 0. The average molecular weight is 280 g/mol. The van der Waals surface area contributed by atoms with Crippen molar-refractivity contribution in [3.8, 4) is 0 Å². The maximum absolute atomic E-state index is 12.4. The number of rotatable bonds is 4. The van der Waals surface area contributed by atoms with E-state index in [1.54, 1.807) is 0 Å². The Hall–Kier alpha value is -0.610. The lowest BCUT2D eigenvalue weighted by molar-refractivity contribution is -0.137. The Labute approximate surface area is 122 Å². The van der Waals surface area contributed by atoms with Gasteiger partial charge < -0.3 is 15.0 Å². The number of nitrogens with zero attached hydrogens (tertiary/aromatic N) is 1. The third kappa shape index (κ3) is 2.86. The van der Waals surface area contributed by atoms with Gasteiger partial charge in [-0.05, 0) is 50.9 Å². The third-order valence-electron chi connectivity index (χ3n) is 5.64. The summed E-state index contributed by atoms with van der Waals surface area (Å²) < 4.78 is 5.31. The first-order chi connectivity index (χ1) is 9.65. The maximum Gasteiger partial charge on any atom is 0.239 e. The molecule has 1 saturated heterocycles. The van der Waals surface area contributed by atoms with Gasteiger partial charge in [-0.25, -0.2) is 0 Å². The molecule has 2 bridgehead atoms. The number of nitrogens with one attached hydrogen (secondary N) is 1. The van der Waals surface area contributed by atoms with E-state index >= 15 is 0 Å². The van der Waals surface area contributed by atoms with E-state index < -0.39 is 0 Å². The lowest BCUT2D eigenvalue weighted by Gasteiger charge is -2.33. The van der Waals surface area contributed by atoms with Gasteiger partial charge in [0, 0.05) is 19.1 Å². The number of amides is 1. The Kier molecular flexibility index (Phi) is 4.32. The van der Waals surface area contributed by atoms with E-state index in [1.807, 2.05) is 11.8 Å². The van der Waals surface area contributed by atoms with Crippen LogP contribution in [0, 0.1) is 17.8 Å². The highest BCUT2D eigenvalue weighted by atomic mass is 16.5. The van der Waals surface area contributed by atoms with E-state index in [1.165, 1.54) is 25.7 Å². The van der Waals surface area contributed by atoms with Gasteiger partial charge in [0.2, 0.25) is 5.91 Å². The molecule has 1 heterocycles. The number of fused-ring (bicyclic) bond motifs is 2. The second kappa shape index (κ2) is 6.02. The van der Waals surface area contributed by atoms with E-state index in [0.717, 1.165) is 30.8 Å². The Morgan fingerprint density at radius 3 is 2.55 bits per heavy atom. The van der Waals surface area contributed by atoms with E-state index in [0.29, 0.717) is 19.3 Å². The van der Waals surface area contributed by atoms with Crippen LogP contribution in [0.25, 0.3) is 0 Å². The van der Waals surface area contributed by atoms with Gasteiger partial charge in [-0.2, -0.15) is 0 Å². The van der Waals surface area contributed by atoms with Crippen molar-refractivity contribution in [2.24, 2.45) is 17.8 Å². The maximum atomic E-state index is 12.4. The van der Waals surface area contributed by atoms with Crippen LogP contribution in [-0.2, 0) is 9.53 Å². The molecule has 114 valence electrons. The van der Waals surface area contributed by atoms with E-state index in [4.69, 9.17) is 4.74 Å². The molecule has 20 heavy (non-hydrogen) atoms. The van der Waals surface area contributed by atoms with Gasteiger partial charge in [-0.15, -0.1) is 0 Å². The first-order valence-electron chi connectivity index (χ1n) is 8.27. The first-order valence-corrected chi connectivity index (χ1v) is 8.27. The number of carbonyl (C=O) groups excluding carboxylic acids is 1. The second-order valence-corrected chi connectivity index (χ2v) is 6.95. The fourth-order valence-electron chi connectivity index (χ4n) is 4.55.